The highest BCUT2D eigenvalue weighted by molar-refractivity contribution is 5.97. The van der Waals surface area contributed by atoms with Crippen LogP contribution in [0.25, 0.3) is 6.08 Å². The quantitative estimate of drug-likeness (QED) is 0.638. The van der Waals surface area contributed by atoms with Crippen molar-refractivity contribution in [3.63, 3.8) is 0 Å². The number of ether oxygens (including phenoxy) is 1. The summed E-state index contributed by atoms with van der Waals surface area (Å²) in [6, 6.07) is 2.57. The summed E-state index contributed by atoms with van der Waals surface area (Å²) < 4.78 is 5.38. The van der Waals surface area contributed by atoms with Crippen LogP contribution < -0.4 is 0 Å². The molecule has 23 heavy (non-hydrogen) atoms. The number of phenolic OH excluding ortho intramolecular Hbond substituents is 2. The Balaban J connectivity index is 2.30. The second-order valence-electron chi connectivity index (χ2n) is 6.06. The van der Waals surface area contributed by atoms with Gasteiger partial charge in [0.1, 0.15) is 17.1 Å². The number of hydrogen-bond acceptors (Lipinski definition) is 5. The van der Waals surface area contributed by atoms with Gasteiger partial charge in [-0.1, -0.05) is 12.2 Å². The molecule has 1 aromatic carbocycles. The molecule has 0 saturated heterocycles. The molecule has 5 nitrogen and oxygen atoms in total. The van der Waals surface area contributed by atoms with Crippen molar-refractivity contribution in [3.8, 4) is 11.5 Å². The second kappa shape index (κ2) is 8.02. The van der Waals surface area contributed by atoms with E-state index in [-0.39, 0.29) is 29.3 Å². The predicted octanol–water partition coefficient (Wildman–Crippen LogP) is 3.37. The fourth-order valence-corrected chi connectivity index (χ4v) is 2.75. The van der Waals surface area contributed by atoms with Gasteiger partial charge in [-0.25, -0.2) is 4.79 Å². The lowest BCUT2D eigenvalue weighted by Gasteiger charge is -2.17. The largest absolute Gasteiger partial charge is 0.508 e. The molecule has 0 fully saturated rings. The molecule has 1 aromatic rings. The van der Waals surface area contributed by atoms with Crippen LogP contribution in [0.1, 0.15) is 61.4 Å². The van der Waals surface area contributed by atoms with Crippen molar-refractivity contribution in [2.75, 3.05) is 0 Å². The van der Waals surface area contributed by atoms with Crippen molar-refractivity contribution in [1.29, 1.82) is 0 Å². The zero-order valence-electron chi connectivity index (χ0n) is 13.4. The van der Waals surface area contributed by atoms with Crippen LogP contribution in [0.15, 0.2) is 18.2 Å². The molecule has 0 aliphatic carbocycles. The molecular formula is C18H24O5. The fraction of sp³-hybridized carbons (Fsp3) is 0.500. The average molecular weight is 320 g/mol. The maximum atomic E-state index is 12.3. The first kappa shape index (κ1) is 17.3. The Bertz CT molecular complexity index is 579. The summed E-state index contributed by atoms with van der Waals surface area (Å²) in [4.78, 5) is 12.3. The first-order valence-electron chi connectivity index (χ1n) is 8.09. The molecule has 1 heterocycles. The van der Waals surface area contributed by atoms with Crippen LogP contribution in [-0.4, -0.2) is 33.5 Å². The molecule has 5 heteroatoms. The predicted molar refractivity (Wildman–Crippen MR) is 87.4 cm³/mol. The maximum absolute atomic E-state index is 12.3. The van der Waals surface area contributed by atoms with E-state index < -0.39 is 5.97 Å². The number of rotatable bonds is 0. The Morgan fingerprint density at radius 3 is 2.65 bits per heavy atom. The zero-order chi connectivity index (χ0) is 16.8. The summed E-state index contributed by atoms with van der Waals surface area (Å²) in [6.07, 6.45) is 7.39. The van der Waals surface area contributed by atoms with Gasteiger partial charge in [0.2, 0.25) is 0 Å². The lowest BCUT2D eigenvalue weighted by Crippen LogP contribution is -2.17. The standard InChI is InChI=1S/C18H24O5/c1-12-6-5-9-14(19)8-4-2-3-7-13-10-15(20)11-16(21)17(13)18(22)23-12/h3,7,10-12,14,19-21H,2,4-6,8-9H2,1H3/t12-,14-/m0/s1. The Morgan fingerprint density at radius 1 is 1.13 bits per heavy atom. The molecule has 1 aliphatic heterocycles. The van der Waals surface area contributed by atoms with Crippen LogP contribution in [0.4, 0.5) is 0 Å². The number of aliphatic hydroxyl groups is 1. The van der Waals surface area contributed by atoms with Gasteiger partial charge in [-0.3, -0.25) is 0 Å². The lowest BCUT2D eigenvalue weighted by atomic mass is 10.0. The molecule has 0 bridgehead atoms. The minimum Gasteiger partial charge on any atom is -0.508 e. The van der Waals surface area contributed by atoms with E-state index in [1.54, 1.807) is 13.0 Å². The number of cyclic esters (lactones) is 1. The van der Waals surface area contributed by atoms with Gasteiger partial charge in [-0.05, 0) is 57.1 Å². The second-order valence-corrected chi connectivity index (χ2v) is 6.06. The normalized spacial score (nSPS) is 23.7. The number of hydrogen-bond donors (Lipinski definition) is 3. The molecule has 1 aliphatic rings. The highest BCUT2D eigenvalue weighted by atomic mass is 16.5. The van der Waals surface area contributed by atoms with Gasteiger partial charge in [0.05, 0.1) is 12.2 Å². The van der Waals surface area contributed by atoms with E-state index in [0.717, 1.165) is 31.7 Å². The molecule has 3 N–H and O–H groups in total. The first-order valence-corrected chi connectivity index (χ1v) is 8.09. The third-order valence-electron chi connectivity index (χ3n) is 4.00. The van der Waals surface area contributed by atoms with Gasteiger partial charge in [0.25, 0.3) is 0 Å². The van der Waals surface area contributed by atoms with Crippen molar-refractivity contribution in [3.05, 3.63) is 29.3 Å². The summed E-state index contributed by atoms with van der Waals surface area (Å²) >= 11 is 0. The Kier molecular flexibility index (Phi) is 6.04. The summed E-state index contributed by atoms with van der Waals surface area (Å²) in [6.45, 7) is 1.79. The van der Waals surface area contributed by atoms with Crippen molar-refractivity contribution < 1.29 is 24.9 Å². The van der Waals surface area contributed by atoms with Gasteiger partial charge < -0.3 is 20.1 Å². The van der Waals surface area contributed by atoms with E-state index in [4.69, 9.17) is 4.74 Å². The molecule has 0 aromatic heterocycles. The van der Waals surface area contributed by atoms with Gasteiger partial charge in [-0.15, -0.1) is 0 Å². The zero-order valence-corrected chi connectivity index (χ0v) is 13.4. The number of esters is 1. The number of carbonyl (C=O) groups is 1. The molecule has 0 saturated carbocycles. The number of fused-ring (bicyclic) bond motifs is 1. The summed E-state index contributed by atoms with van der Waals surface area (Å²) in [7, 11) is 0. The molecule has 0 radical (unpaired) electrons. The minimum atomic E-state index is -0.604. The van der Waals surface area contributed by atoms with Crippen LogP contribution in [0.5, 0.6) is 11.5 Å². The lowest BCUT2D eigenvalue weighted by molar-refractivity contribution is 0.0307. The number of aliphatic hydroxyl groups excluding tert-OH is 1. The number of allylic oxidation sites excluding steroid dienone is 1. The Morgan fingerprint density at radius 2 is 1.87 bits per heavy atom. The Hall–Kier alpha value is -2.01. The fourth-order valence-electron chi connectivity index (χ4n) is 2.75. The van der Waals surface area contributed by atoms with Gasteiger partial charge in [0, 0.05) is 6.07 Å². The van der Waals surface area contributed by atoms with Gasteiger partial charge in [0.15, 0.2) is 0 Å². The summed E-state index contributed by atoms with van der Waals surface area (Å²) in [5, 5.41) is 29.5. The van der Waals surface area contributed by atoms with E-state index in [9.17, 15) is 20.1 Å². The van der Waals surface area contributed by atoms with Crippen LogP contribution in [0.3, 0.4) is 0 Å². The van der Waals surface area contributed by atoms with E-state index in [1.165, 1.54) is 6.07 Å². The van der Waals surface area contributed by atoms with Crippen LogP contribution >= 0.6 is 0 Å². The third-order valence-corrected chi connectivity index (χ3v) is 4.00. The average Bonchev–Trinajstić information content (AvgIpc) is 2.45. The molecule has 0 amide bonds. The molecule has 0 spiro atoms. The number of carbonyl (C=O) groups excluding carboxylic acids is 1. The number of aromatic hydroxyl groups is 2. The third kappa shape index (κ3) is 4.99. The van der Waals surface area contributed by atoms with E-state index in [1.807, 2.05) is 6.08 Å². The summed E-state index contributed by atoms with van der Waals surface area (Å²) in [5.41, 5.74) is 0.500. The molecular weight excluding hydrogens is 296 g/mol. The molecule has 2 atom stereocenters. The molecule has 2 rings (SSSR count). The topological polar surface area (TPSA) is 87.0 Å². The first-order chi connectivity index (χ1) is 11.0. The Labute approximate surface area is 136 Å². The van der Waals surface area contributed by atoms with Crippen LogP contribution in [-0.2, 0) is 4.74 Å². The van der Waals surface area contributed by atoms with Crippen molar-refractivity contribution in [1.82, 2.24) is 0 Å². The SMILES string of the molecule is C[C@H]1CCC[C@@H](O)CCCC=Cc2cc(O)cc(O)c2C(=O)O1. The highest BCUT2D eigenvalue weighted by Crippen LogP contribution is 2.30. The number of benzene rings is 1. The van der Waals surface area contributed by atoms with Crippen LogP contribution in [0.2, 0.25) is 0 Å². The minimum absolute atomic E-state index is 0.0722. The number of phenols is 2. The van der Waals surface area contributed by atoms with E-state index in [0.29, 0.717) is 18.4 Å². The van der Waals surface area contributed by atoms with Crippen molar-refractivity contribution in [2.24, 2.45) is 0 Å². The molecule has 0 unspecified atom stereocenters. The van der Waals surface area contributed by atoms with Crippen molar-refractivity contribution >= 4 is 12.0 Å². The van der Waals surface area contributed by atoms with E-state index >= 15 is 0 Å². The van der Waals surface area contributed by atoms with Gasteiger partial charge >= 0.3 is 5.97 Å². The smallest absolute Gasteiger partial charge is 0.342 e. The summed E-state index contributed by atoms with van der Waals surface area (Å²) in [5.74, 6) is -1.00. The maximum Gasteiger partial charge on any atom is 0.342 e. The van der Waals surface area contributed by atoms with Gasteiger partial charge in [-0.2, -0.15) is 0 Å². The van der Waals surface area contributed by atoms with Crippen molar-refractivity contribution in [2.45, 2.75) is 57.7 Å². The van der Waals surface area contributed by atoms with Crippen LogP contribution in [0, 0.1) is 0 Å². The van der Waals surface area contributed by atoms with E-state index in [2.05, 4.69) is 0 Å². The molecule has 126 valence electrons. The monoisotopic (exact) mass is 320 g/mol. The highest BCUT2D eigenvalue weighted by Gasteiger charge is 2.20.